The first-order valence-electron chi connectivity index (χ1n) is 5.26. The Kier molecular flexibility index (Phi) is 1.43. The lowest BCUT2D eigenvalue weighted by molar-refractivity contribution is -0.288. The van der Waals surface area contributed by atoms with Crippen LogP contribution in [-0.4, -0.2) is 33.1 Å². The molecule has 2 N–H and O–H groups in total. The third-order valence-electron chi connectivity index (χ3n) is 4.42. The second-order valence-electron chi connectivity index (χ2n) is 5.39. The molecule has 74 valence electrons. The Labute approximate surface area is 78.3 Å². The minimum Gasteiger partial charge on any atom is -0.393 e. The van der Waals surface area contributed by atoms with Crippen LogP contribution < -0.4 is 0 Å². The van der Waals surface area contributed by atoms with Gasteiger partial charge in [-0.3, -0.25) is 0 Å². The van der Waals surface area contributed by atoms with Crippen molar-refractivity contribution in [3.05, 3.63) is 0 Å². The average molecular weight is 183 g/mol. The molecule has 0 aromatic heterocycles. The van der Waals surface area contributed by atoms with E-state index in [9.17, 15) is 10.3 Å². The van der Waals surface area contributed by atoms with Crippen LogP contribution in [0.15, 0.2) is 0 Å². The number of hydrogen-bond donors (Lipinski definition) is 2. The average Bonchev–Trinajstić information content (AvgIpc) is 2.05. The van der Waals surface area contributed by atoms with Gasteiger partial charge in [0, 0.05) is 11.6 Å². The topological polar surface area (TPSA) is 43.7 Å². The minimum atomic E-state index is -0.0852. The number of piperidine rings is 2. The van der Waals surface area contributed by atoms with E-state index in [-0.39, 0.29) is 11.6 Å². The van der Waals surface area contributed by atoms with Gasteiger partial charge in [-0.25, -0.2) is 0 Å². The highest BCUT2D eigenvalue weighted by atomic mass is 16.5. The molecule has 2 saturated carbocycles. The maximum Gasteiger partial charge on any atom is 0.0599 e. The smallest absolute Gasteiger partial charge is 0.0599 e. The summed E-state index contributed by atoms with van der Waals surface area (Å²) in [6.45, 7) is 2.13. The second kappa shape index (κ2) is 2.27. The van der Waals surface area contributed by atoms with Crippen molar-refractivity contribution < 1.29 is 10.3 Å². The van der Waals surface area contributed by atoms with Crippen LogP contribution >= 0.6 is 0 Å². The zero-order chi connectivity index (χ0) is 9.22. The van der Waals surface area contributed by atoms with Crippen molar-refractivity contribution in [2.24, 2.45) is 11.8 Å². The molecule has 5 atom stereocenters. The molecular weight excluding hydrogens is 166 g/mol. The maximum atomic E-state index is 9.93. The van der Waals surface area contributed by atoms with Crippen molar-refractivity contribution >= 4 is 0 Å². The molecule has 13 heavy (non-hydrogen) atoms. The van der Waals surface area contributed by atoms with E-state index in [0.717, 1.165) is 25.7 Å². The van der Waals surface area contributed by atoms with Crippen LogP contribution in [0.3, 0.4) is 0 Å². The molecule has 4 bridgehead atoms. The Hall–Kier alpha value is -0.120. The van der Waals surface area contributed by atoms with Crippen molar-refractivity contribution in [1.82, 2.24) is 5.06 Å². The number of nitrogens with zero attached hydrogens (tertiary/aromatic N) is 1. The standard InChI is InChI=1S/C10H17NO2/c1-10-4-6-2-8(11(10)13)3-7(5-10)9(6)12/h6-9,12-13H,2-5H2,1H3/t6-,7+,8+,9?,10?. The molecule has 2 aliphatic carbocycles. The van der Waals surface area contributed by atoms with Gasteiger partial charge in [0.05, 0.1) is 6.10 Å². The monoisotopic (exact) mass is 183 g/mol. The molecule has 0 aromatic carbocycles. The molecule has 0 radical (unpaired) electrons. The van der Waals surface area contributed by atoms with E-state index in [1.54, 1.807) is 5.06 Å². The van der Waals surface area contributed by atoms with E-state index >= 15 is 0 Å². The Bertz CT molecular complexity index is 227. The summed E-state index contributed by atoms with van der Waals surface area (Å²) < 4.78 is 0. The lowest BCUT2D eigenvalue weighted by Crippen LogP contribution is -2.67. The van der Waals surface area contributed by atoms with Gasteiger partial charge in [-0.15, -0.1) is 0 Å². The summed E-state index contributed by atoms with van der Waals surface area (Å²) in [4.78, 5) is 0. The molecule has 0 spiro atoms. The highest BCUT2D eigenvalue weighted by Gasteiger charge is 2.56. The fourth-order valence-electron chi connectivity index (χ4n) is 3.91. The van der Waals surface area contributed by atoms with Gasteiger partial charge in [0.1, 0.15) is 0 Å². The van der Waals surface area contributed by atoms with E-state index in [0.29, 0.717) is 17.9 Å². The molecule has 3 nitrogen and oxygen atoms in total. The SMILES string of the molecule is CC12C[C@H]3C[C@@H](C[C@@H](C1)C3O)N2O. The van der Waals surface area contributed by atoms with Gasteiger partial charge in [-0.2, -0.15) is 5.06 Å². The maximum absolute atomic E-state index is 9.93. The van der Waals surface area contributed by atoms with Gasteiger partial charge in [0.25, 0.3) is 0 Å². The van der Waals surface area contributed by atoms with E-state index in [4.69, 9.17) is 0 Å². The molecule has 2 unspecified atom stereocenters. The Balaban J connectivity index is 1.97. The van der Waals surface area contributed by atoms with Crippen LogP contribution in [0.4, 0.5) is 0 Å². The largest absolute Gasteiger partial charge is 0.393 e. The Morgan fingerprint density at radius 2 is 1.77 bits per heavy atom. The van der Waals surface area contributed by atoms with Crippen molar-refractivity contribution in [3.8, 4) is 0 Å². The van der Waals surface area contributed by atoms with E-state index in [1.165, 1.54) is 0 Å². The summed E-state index contributed by atoms with van der Waals surface area (Å²) in [5.74, 6) is 0.900. The number of rotatable bonds is 0. The van der Waals surface area contributed by atoms with E-state index in [1.807, 2.05) is 0 Å². The van der Waals surface area contributed by atoms with Gasteiger partial charge in [0.15, 0.2) is 0 Å². The molecule has 2 aliphatic heterocycles. The predicted octanol–water partition coefficient (Wildman–Crippen LogP) is 0.999. The summed E-state index contributed by atoms with van der Waals surface area (Å²) in [7, 11) is 0. The predicted molar refractivity (Wildman–Crippen MR) is 47.3 cm³/mol. The van der Waals surface area contributed by atoms with Gasteiger partial charge in [-0.1, -0.05) is 0 Å². The quantitative estimate of drug-likeness (QED) is 0.589. The van der Waals surface area contributed by atoms with Gasteiger partial charge in [-0.05, 0) is 44.4 Å². The molecule has 3 heteroatoms. The molecule has 2 heterocycles. The molecule has 4 aliphatic rings. The van der Waals surface area contributed by atoms with Crippen LogP contribution in [0.1, 0.15) is 32.6 Å². The van der Waals surface area contributed by atoms with Crippen LogP contribution in [0.2, 0.25) is 0 Å². The van der Waals surface area contributed by atoms with Gasteiger partial charge >= 0.3 is 0 Å². The van der Waals surface area contributed by atoms with E-state index < -0.39 is 0 Å². The second-order valence-corrected chi connectivity index (χ2v) is 5.39. The highest BCUT2D eigenvalue weighted by Crippen LogP contribution is 2.53. The Morgan fingerprint density at radius 1 is 1.23 bits per heavy atom. The summed E-state index contributed by atoms with van der Waals surface area (Å²) in [6.07, 6.45) is 3.83. The first-order chi connectivity index (χ1) is 6.10. The van der Waals surface area contributed by atoms with Gasteiger partial charge < -0.3 is 10.3 Å². The molecule has 4 rings (SSSR count). The Morgan fingerprint density at radius 3 is 2.23 bits per heavy atom. The third-order valence-corrected chi connectivity index (χ3v) is 4.42. The minimum absolute atomic E-state index is 0.0320. The number of hydrogen-bond acceptors (Lipinski definition) is 3. The summed E-state index contributed by atoms with van der Waals surface area (Å²) in [6, 6.07) is 0.325. The highest BCUT2D eigenvalue weighted by molar-refractivity contribution is 5.08. The summed E-state index contributed by atoms with van der Waals surface area (Å²) in [5, 5.41) is 21.4. The fourth-order valence-corrected chi connectivity index (χ4v) is 3.91. The zero-order valence-corrected chi connectivity index (χ0v) is 7.98. The summed E-state index contributed by atoms with van der Waals surface area (Å²) >= 11 is 0. The molecular formula is C10H17NO2. The zero-order valence-electron chi connectivity index (χ0n) is 7.98. The number of aliphatic hydroxyl groups excluding tert-OH is 1. The first-order valence-corrected chi connectivity index (χ1v) is 5.26. The van der Waals surface area contributed by atoms with Crippen LogP contribution in [0.25, 0.3) is 0 Å². The number of aliphatic hydroxyl groups is 1. The number of hydroxylamine groups is 2. The van der Waals surface area contributed by atoms with Crippen LogP contribution in [0, 0.1) is 11.8 Å². The lowest BCUT2D eigenvalue weighted by atomic mass is 9.58. The van der Waals surface area contributed by atoms with Crippen LogP contribution in [0.5, 0.6) is 0 Å². The summed E-state index contributed by atoms with van der Waals surface area (Å²) in [5.41, 5.74) is -0.0320. The van der Waals surface area contributed by atoms with Crippen LogP contribution in [-0.2, 0) is 0 Å². The van der Waals surface area contributed by atoms with Crippen molar-refractivity contribution in [2.45, 2.75) is 50.3 Å². The molecule has 0 aromatic rings. The van der Waals surface area contributed by atoms with Gasteiger partial charge in [0.2, 0.25) is 0 Å². The fraction of sp³-hybridized carbons (Fsp3) is 1.00. The third kappa shape index (κ3) is 0.901. The van der Waals surface area contributed by atoms with Crippen molar-refractivity contribution in [2.75, 3.05) is 0 Å². The first kappa shape index (κ1) is 8.21. The van der Waals surface area contributed by atoms with Crippen molar-refractivity contribution in [1.29, 1.82) is 0 Å². The van der Waals surface area contributed by atoms with E-state index in [2.05, 4.69) is 6.92 Å². The molecule has 2 saturated heterocycles. The van der Waals surface area contributed by atoms with Crippen molar-refractivity contribution in [3.63, 3.8) is 0 Å². The normalized spacial score (nSPS) is 60.2. The molecule has 4 fully saturated rings. The lowest BCUT2D eigenvalue weighted by Gasteiger charge is -2.61. The molecule has 0 amide bonds.